The summed E-state index contributed by atoms with van der Waals surface area (Å²) in [6.45, 7) is 3.16. The maximum Gasteiger partial charge on any atom is 0.430 e. The predicted molar refractivity (Wildman–Crippen MR) is 42.8 cm³/mol. The van der Waals surface area contributed by atoms with Crippen LogP contribution in [0.5, 0.6) is 0 Å². The Balaban J connectivity index is 2.93. The summed E-state index contributed by atoms with van der Waals surface area (Å²) in [5.41, 5.74) is 0. The van der Waals surface area contributed by atoms with Gasteiger partial charge in [0.15, 0.2) is 6.19 Å². The molecule has 0 aromatic heterocycles. The fraction of sp³-hybridized carbons (Fsp3) is 0.714. The normalized spacial score (nSPS) is 21.9. The van der Waals surface area contributed by atoms with Crippen molar-refractivity contribution in [3.63, 3.8) is 0 Å². The van der Waals surface area contributed by atoms with E-state index in [1.54, 1.807) is 13.8 Å². The Morgan fingerprint density at radius 3 is 2.43 bits per heavy atom. The third kappa shape index (κ3) is 1.73. The Kier molecular flexibility index (Phi) is 2.55. The van der Waals surface area contributed by atoms with Gasteiger partial charge in [0.2, 0.25) is 6.17 Å². The topological polar surface area (TPSA) is 42.6 Å². The molecule has 1 aliphatic rings. The van der Waals surface area contributed by atoms with E-state index in [0.29, 0.717) is 4.90 Å². The van der Waals surface area contributed by atoms with Gasteiger partial charge in [0.25, 0.3) is 0 Å². The number of nitrogens with zero attached hydrogens (tertiary/aromatic N) is 4. The third-order valence-electron chi connectivity index (χ3n) is 1.76. The minimum Gasteiger partial charge on any atom is -0.260 e. The first kappa shape index (κ1) is 10.6. The van der Waals surface area contributed by atoms with Gasteiger partial charge in [-0.3, -0.25) is 5.01 Å². The monoisotopic (exact) mass is 206 g/mol. The summed E-state index contributed by atoms with van der Waals surface area (Å²) < 4.78 is 37.5. The Morgan fingerprint density at radius 2 is 2.07 bits per heavy atom. The lowest BCUT2D eigenvalue weighted by atomic mass is 10.3. The molecule has 1 aliphatic heterocycles. The van der Waals surface area contributed by atoms with Crippen LogP contribution in [0.15, 0.2) is 5.10 Å². The zero-order valence-corrected chi connectivity index (χ0v) is 7.65. The molecule has 1 rings (SSSR count). The van der Waals surface area contributed by atoms with Crippen molar-refractivity contribution in [2.24, 2.45) is 5.10 Å². The van der Waals surface area contributed by atoms with Crippen LogP contribution >= 0.6 is 0 Å². The fourth-order valence-electron chi connectivity index (χ4n) is 1.17. The quantitative estimate of drug-likeness (QED) is 0.608. The van der Waals surface area contributed by atoms with E-state index in [4.69, 9.17) is 5.26 Å². The van der Waals surface area contributed by atoms with Gasteiger partial charge in [0.1, 0.15) is 6.34 Å². The molecule has 0 saturated heterocycles. The highest BCUT2D eigenvalue weighted by Gasteiger charge is 2.50. The molecule has 0 aromatic rings. The van der Waals surface area contributed by atoms with Crippen molar-refractivity contribution in [2.75, 3.05) is 0 Å². The van der Waals surface area contributed by atoms with Crippen LogP contribution < -0.4 is 0 Å². The smallest absolute Gasteiger partial charge is 0.260 e. The molecule has 1 atom stereocenters. The van der Waals surface area contributed by atoms with Crippen LogP contribution in [-0.4, -0.2) is 34.6 Å². The van der Waals surface area contributed by atoms with Gasteiger partial charge in [-0.2, -0.15) is 23.5 Å². The molecule has 0 fully saturated rings. The van der Waals surface area contributed by atoms with E-state index >= 15 is 0 Å². The minimum absolute atomic E-state index is 0.406. The molecule has 0 radical (unpaired) electrons. The molecule has 0 saturated carbocycles. The molecule has 7 heteroatoms. The highest BCUT2D eigenvalue weighted by atomic mass is 19.4. The second kappa shape index (κ2) is 3.36. The first-order valence-corrected chi connectivity index (χ1v) is 3.95. The van der Waals surface area contributed by atoms with Crippen molar-refractivity contribution in [3.05, 3.63) is 0 Å². The maximum absolute atomic E-state index is 12.5. The van der Waals surface area contributed by atoms with Crippen LogP contribution in [0.2, 0.25) is 0 Å². The van der Waals surface area contributed by atoms with Crippen LogP contribution in [0.25, 0.3) is 0 Å². The van der Waals surface area contributed by atoms with Gasteiger partial charge in [0.05, 0.1) is 0 Å². The molecular formula is C7H9F3N4. The van der Waals surface area contributed by atoms with E-state index in [0.717, 1.165) is 11.3 Å². The first-order valence-electron chi connectivity index (χ1n) is 3.95. The van der Waals surface area contributed by atoms with Gasteiger partial charge >= 0.3 is 6.18 Å². The SMILES string of the molecule is CC(C)N1N=CN(C#N)C1C(F)(F)F. The highest BCUT2D eigenvalue weighted by Crippen LogP contribution is 2.30. The average molecular weight is 206 g/mol. The van der Waals surface area contributed by atoms with Crippen LogP contribution in [0.1, 0.15) is 13.8 Å². The zero-order chi connectivity index (χ0) is 10.9. The number of hydrazone groups is 1. The molecule has 0 N–H and O–H groups in total. The summed E-state index contributed by atoms with van der Waals surface area (Å²) in [5, 5.41) is 12.8. The van der Waals surface area contributed by atoms with Crippen molar-refractivity contribution < 1.29 is 13.2 Å². The van der Waals surface area contributed by atoms with Crippen molar-refractivity contribution in [1.82, 2.24) is 9.91 Å². The van der Waals surface area contributed by atoms with Gasteiger partial charge in [-0.25, -0.2) is 4.90 Å². The lowest BCUT2D eigenvalue weighted by Crippen LogP contribution is -2.50. The third-order valence-corrected chi connectivity index (χ3v) is 1.76. The molecule has 4 nitrogen and oxygen atoms in total. The number of alkyl halides is 3. The first-order chi connectivity index (χ1) is 6.38. The number of hydrogen-bond donors (Lipinski definition) is 0. The molecule has 14 heavy (non-hydrogen) atoms. The Labute approximate surface area is 79.2 Å². The van der Waals surface area contributed by atoms with Crippen LogP contribution in [0.4, 0.5) is 13.2 Å². The maximum atomic E-state index is 12.5. The summed E-state index contributed by atoms with van der Waals surface area (Å²) in [6, 6.07) is -0.406. The molecule has 0 aliphatic carbocycles. The average Bonchev–Trinajstić information content (AvgIpc) is 2.45. The number of hydrogen-bond acceptors (Lipinski definition) is 4. The Hall–Kier alpha value is -1.45. The summed E-state index contributed by atoms with van der Waals surface area (Å²) in [4.78, 5) is 0.486. The van der Waals surface area contributed by atoms with E-state index in [2.05, 4.69) is 5.10 Å². The number of halogens is 3. The highest BCUT2D eigenvalue weighted by molar-refractivity contribution is 5.59. The largest absolute Gasteiger partial charge is 0.430 e. The molecule has 0 amide bonds. The lowest BCUT2D eigenvalue weighted by Gasteiger charge is -2.30. The van der Waals surface area contributed by atoms with Gasteiger partial charge in [0, 0.05) is 6.04 Å². The van der Waals surface area contributed by atoms with Crippen molar-refractivity contribution in [3.8, 4) is 6.19 Å². The fourth-order valence-corrected chi connectivity index (χ4v) is 1.17. The summed E-state index contributed by atoms with van der Waals surface area (Å²) in [7, 11) is 0. The molecule has 0 aromatic carbocycles. The summed E-state index contributed by atoms with van der Waals surface area (Å²) >= 11 is 0. The van der Waals surface area contributed by atoms with Crippen molar-refractivity contribution >= 4 is 6.34 Å². The molecular weight excluding hydrogens is 197 g/mol. The predicted octanol–water partition coefficient (Wildman–Crippen LogP) is 1.33. The molecule has 78 valence electrons. The summed E-state index contributed by atoms with van der Waals surface area (Å²) in [5.74, 6) is 0. The van der Waals surface area contributed by atoms with Gasteiger partial charge in [-0.15, -0.1) is 0 Å². The number of nitriles is 1. The van der Waals surface area contributed by atoms with E-state index in [1.807, 2.05) is 0 Å². The van der Waals surface area contributed by atoms with Crippen LogP contribution in [0.3, 0.4) is 0 Å². The molecule has 1 heterocycles. The lowest BCUT2D eigenvalue weighted by molar-refractivity contribution is -0.205. The molecule has 1 unspecified atom stereocenters. The van der Waals surface area contributed by atoms with E-state index in [9.17, 15) is 13.2 Å². The van der Waals surface area contributed by atoms with Crippen LogP contribution in [0, 0.1) is 11.5 Å². The Morgan fingerprint density at radius 1 is 1.50 bits per heavy atom. The minimum atomic E-state index is -4.49. The van der Waals surface area contributed by atoms with Crippen LogP contribution in [-0.2, 0) is 0 Å². The molecule has 0 bridgehead atoms. The summed E-state index contributed by atoms with van der Waals surface area (Å²) in [6.07, 6.45) is -4.14. The Bertz CT molecular complexity index is 278. The second-order valence-electron chi connectivity index (χ2n) is 3.13. The van der Waals surface area contributed by atoms with Crippen molar-refractivity contribution in [1.29, 1.82) is 5.26 Å². The van der Waals surface area contributed by atoms with E-state index < -0.39 is 18.4 Å². The second-order valence-corrected chi connectivity index (χ2v) is 3.13. The van der Waals surface area contributed by atoms with Gasteiger partial charge in [-0.1, -0.05) is 0 Å². The van der Waals surface area contributed by atoms with Gasteiger partial charge in [-0.05, 0) is 13.8 Å². The molecule has 0 spiro atoms. The number of rotatable bonds is 1. The van der Waals surface area contributed by atoms with Crippen molar-refractivity contribution in [2.45, 2.75) is 32.2 Å². The standard InChI is InChI=1S/C7H9F3N4/c1-5(2)14-6(7(8,9)10)13(3-11)4-12-14/h4-6H,1-2H3. The van der Waals surface area contributed by atoms with E-state index in [-0.39, 0.29) is 0 Å². The van der Waals surface area contributed by atoms with E-state index in [1.165, 1.54) is 6.19 Å². The zero-order valence-electron chi connectivity index (χ0n) is 7.65. The van der Waals surface area contributed by atoms with Gasteiger partial charge < -0.3 is 0 Å².